The van der Waals surface area contributed by atoms with Crippen molar-refractivity contribution in [3.8, 4) is 0 Å². The van der Waals surface area contributed by atoms with Crippen LogP contribution in [0.2, 0.25) is 0 Å². The molecule has 0 N–H and O–H groups in total. The Bertz CT molecular complexity index is 736. The number of rotatable bonds is 4. The summed E-state index contributed by atoms with van der Waals surface area (Å²) in [5.74, 6) is -1.83. The number of carbonyl (C=O) groups excluding carboxylic acids is 1. The molecule has 0 aliphatic rings. The molecular weight excluding hydrogens is 322 g/mol. The third-order valence-corrected chi connectivity index (χ3v) is 4.06. The van der Waals surface area contributed by atoms with Gasteiger partial charge in [0.1, 0.15) is 5.75 Å². The van der Waals surface area contributed by atoms with Crippen LogP contribution in [0.15, 0.2) is 35.5 Å². The fraction of sp³-hybridized carbons (Fsp3) is 0.273. The van der Waals surface area contributed by atoms with Gasteiger partial charge in [-0.2, -0.15) is 8.42 Å². The average molecular weight is 335 g/mol. The predicted molar refractivity (Wildman–Crippen MR) is 74.4 cm³/mol. The summed E-state index contributed by atoms with van der Waals surface area (Å²) in [6.45, 7) is 0. The van der Waals surface area contributed by atoms with Gasteiger partial charge in [0.25, 0.3) is 5.04 Å². The first kappa shape index (κ1) is 17.1. The topological polar surface area (TPSA) is 116 Å². The molecule has 0 radical (unpaired) electrons. The molecule has 0 saturated heterocycles. The molecule has 0 saturated carbocycles. The molecule has 0 unspecified atom stereocenters. The van der Waals surface area contributed by atoms with Gasteiger partial charge in [0.2, 0.25) is 9.84 Å². The molecule has 0 aliphatic heterocycles. The molecule has 1 aromatic carbocycles. The van der Waals surface area contributed by atoms with Crippen LogP contribution in [0.25, 0.3) is 0 Å². The van der Waals surface area contributed by atoms with Gasteiger partial charge in [-0.3, -0.25) is 4.28 Å². The summed E-state index contributed by atoms with van der Waals surface area (Å²) in [6.07, 6.45) is 0.677. The molecule has 0 amide bonds. The van der Waals surface area contributed by atoms with Gasteiger partial charge in [0.05, 0.1) is 7.11 Å². The highest BCUT2D eigenvalue weighted by atomic mass is 32.2. The van der Waals surface area contributed by atoms with E-state index in [1.54, 1.807) is 30.3 Å². The summed E-state index contributed by atoms with van der Waals surface area (Å²) >= 11 is 0. The molecule has 1 aromatic rings. The Morgan fingerprint density at radius 3 is 2.19 bits per heavy atom. The van der Waals surface area contributed by atoms with Crippen molar-refractivity contribution in [2.75, 3.05) is 13.4 Å². The monoisotopic (exact) mass is 335 g/mol. The Labute approximate surface area is 122 Å². The first-order valence-corrected chi connectivity index (χ1v) is 8.94. The highest BCUT2D eigenvalue weighted by Crippen LogP contribution is 2.08. The number of hydrogen-bond acceptors (Lipinski definition) is 8. The van der Waals surface area contributed by atoms with E-state index >= 15 is 0 Å². The Morgan fingerprint density at radius 2 is 1.71 bits per heavy atom. The second-order valence-corrected chi connectivity index (χ2v) is 7.41. The van der Waals surface area contributed by atoms with Crippen molar-refractivity contribution in [2.24, 2.45) is 5.16 Å². The minimum atomic E-state index is -4.19. The lowest BCUT2D eigenvalue weighted by Gasteiger charge is -2.04. The van der Waals surface area contributed by atoms with Crippen LogP contribution in [0, 0.1) is 0 Å². The van der Waals surface area contributed by atoms with E-state index in [9.17, 15) is 21.6 Å². The molecule has 0 aliphatic carbocycles. The lowest BCUT2D eigenvalue weighted by molar-refractivity contribution is -0.132. The molecule has 0 spiro atoms. The molecule has 0 heterocycles. The molecular formula is C11H13NO7S2. The lowest BCUT2D eigenvalue weighted by Crippen LogP contribution is -2.25. The van der Waals surface area contributed by atoms with Crippen LogP contribution in [0.1, 0.15) is 5.56 Å². The maximum absolute atomic E-state index is 11.7. The minimum Gasteiger partial charge on any atom is -0.464 e. The quantitative estimate of drug-likeness (QED) is 0.331. The fourth-order valence-electron chi connectivity index (χ4n) is 1.24. The van der Waals surface area contributed by atoms with Crippen molar-refractivity contribution >= 4 is 31.0 Å². The van der Waals surface area contributed by atoms with Crippen molar-refractivity contribution in [1.82, 2.24) is 0 Å². The van der Waals surface area contributed by atoms with Gasteiger partial charge < -0.3 is 4.74 Å². The molecule has 116 valence electrons. The van der Waals surface area contributed by atoms with Crippen LogP contribution in [0.3, 0.4) is 0 Å². The highest BCUT2D eigenvalue weighted by Gasteiger charge is 2.26. The van der Waals surface area contributed by atoms with Crippen LogP contribution in [-0.2, 0) is 39.5 Å². The SMILES string of the molecule is COC(=O)C(=NOS(=O)(=O)Cc1ccccc1)S(C)(=O)=O. The van der Waals surface area contributed by atoms with Gasteiger partial charge in [-0.15, -0.1) is 0 Å². The summed E-state index contributed by atoms with van der Waals surface area (Å²) in [4.78, 5) is 11.2. The maximum Gasteiger partial charge on any atom is 0.372 e. The number of esters is 1. The van der Waals surface area contributed by atoms with E-state index in [-0.39, 0.29) is 0 Å². The Morgan fingerprint density at radius 1 is 1.14 bits per heavy atom. The van der Waals surface area contributed by atoms with Gasteiger partial charge in [-0.25, -0.2) is 13.2 Å². The third-order valence-electron chi connectivity index (χ3n) is 2.13. The number of oxime groups is 1. The summed E-state index contributed by atoms with van der Waals surface area (Å²) in [7, 11) is -7.34. The largest absolute Gasteiger partial charge is 0.464 e. The van der Waals surface area contributed by atoms with Crippen LogP contribution in [0.4, 0.5) is 0 Å². The van der Waals surface area contributed by atoms with Gasteiger partial charge in [0.15, 0.2) is 0 Å². The number of nitrogens with zero attached hydrogens (tertiary/aromatic N) is 1. The van der Waals surface area contributed by atoms with E-state index in [2.05, 4.69) is 14.2 Å². The smallest absolute Gasteiger partial charge is 0.372 e. The number of hydrogen-bond donors (Lipinski definition) is 0. The van der Waals surface area contributed by atoms with E-state index in [4.69, 9.17) is 0 Å². The maximum atomic E-state index is 11.7. The van der Waals surface area contributed by atoms with Crippen LogP contribution in [0.5, 0.6) is 0 Å². The van der Waals surface area contributed by atoms with Crippen molar-refractivity contribution < 1.29 is 30.7 Å². The van der Waals surface area contributed by atoms with E-state index in [1.165, 1.54) is 0 Å². The Hall–Kier alpha value is -1.94. The van der Waals surface area contributed by atoms with Gasteiger partial charge in [0, 0.05) is 6.26 Å². The van der Waals surface area contributed by atoms with Crippen LogP contribution >= 0.6 is 0 Å². The van der Waals surface area contributed by atoms with E-state index in [0.29, 0.717) is 11.8 Å². The number of carbonyl (C=O) groups is 1. The van der Waals surface area contributed by atoms with Crippen LogP contribution in [-0.4, -0.2) is 41.2 Å². The zero-order valence-corrected chi connectivity index (χ0v) is 12.8. The lowest BCUT2D eigenvalue weighted by atomic mass is 10.2. The number of sulfone groups is 1. The number of ether oxygens (including phenoxy) is 1. The zero-order chi connectivity index (χ0) is 16.1. The minimum absolute atomic E-state index is 0.423. The van der Waals surface area contributed by atoms with Crippen molar-refractivity contribution in [3.63, 3.8) is 0 Å². The molecule has 8 nitrogen and oxygen atoms in total. The second-order valence-electron chi connectivity index (χ2n) is 3.92. The van der Waals surface area contributed by atoms with Gasteiger partial charge >= 0.3 is 16.1 Å². The Kier molecular flexibility index (Phi) is 5.44. The standard InChI is InChI=1S/C11H13NO7S2/c1-18-11(13)10(20(2,14)15)12-19-21(16,17)8-9-6-4-3-5-7-9/h3-7H,8H2,1-2H3. The summed E-state index contributed by atoms with van der Waals surface area (Å²) in [6, 6.07) is 8.05. The van der Waals surface area contributed by atoms with E-state index < -0.39 is 36.7 Å². The van der Waals surface area contributed by atoms with Crippen LogP contribution < -0.4 is 0 Å². The van der Waals surface area contributed by atoms with Crippen molar-refractivity contribution in [3.05, 3.63) is 35.9 Å². The summed E-state index contributed by atoms with van der Waals surface area (Å²) in [5.41, 5.74) is 0.423. The van der Waals surface area contributed by atoms with Gasteiger partial charge in [-0.05, 0) is 10.7 Å². The van der Waals surface area contributed by atoms with Crippen molar-refractivity contribution in [2.45, 2.75) is 5.75 Å². The zero-order valence-electron chi connectivity index (χ0n) is 11.2. The summed E-state index contributed by atoms with van der Waals surface area (Å²) in [5, 5.41) is 1.78. The first-order chi connectivity index (χ1) is 9.65. The first-order valence-electron chi connectivity index (χ1n) is 5.47. The molecule has 21 heavy (non-hydrogen) atoms. The molecule has 1 rings (SSSR count). The second kappa shape index (κ2) is 6.68. The van der Waals surface area contributed by atoms with E-state index in [1.807, 2.05) is 0 Å². The summed E-state index contributed by atoms with van der Waals surface area (Å²) < 4.78 is 54.4. The van der Waals surface area contributed by atoms with E-state index in [0.717, 1.165) is 7.11 Å². The normalized spacial score (nSPS) is 12.8. The predicted octanol–water partition coefficient (Wildman–Crippen LogP) is 0.0641. The molecule has 0 bridgehead atoms. The Balaban J connectivity index is 2.97. The number of methoxy groups -OCH3 is 1. The van der Waals surface area contributed by atoms with Gasteiger partial charge in [-0.1, -0.05) is 30.3 Å². The molecule has 0 atom stereocenters. The molecule has 10 heteroatoms. The van der Waals surface area contributed by atoms with Crippen molar-refractivity contribution in [1.29, 1.82) is 0 Å². The fourth-order valence-corrected chi connectivity index (χ4v) is 2.69. The average Bonchev–Trinajstić information content (AvgIpc) is 2.37. The number of benzene rings is 1. The molecule has 0 aromatic heterocycles. The highest BCUT2D eigenvalue weighted by molar-refractivity contribution is 8.07. The third kappa shape index (κ3) is 5.52. The molecule has 0 fully saturated rings.